The van der Waals surface area contributed by atoms with Crippen LogP contribution in [0.15, 0.2) is 9.85 Å². The van der Waals surface area contributed by atoms with E-state index in [1.807, 2.05) is 13.0 Å². The van der Waals surface area contributed by atoms with Crippen LogP contribution in [0.3, 0.4) is 0 Å². The zero-order chi connectivity index (χ0) is 17.6. The molecule has 23 heavy (non-hydrogen) atoms. The van der Waals surface area contributed by atoms with Gasteiger partial charge in [-0.15, -0.1) is 11.3 Å². The number of carboxylic acid groups (broad SMARTS) is 1. The lowest BCUT2D eigenvalue weighted by Gasteiger charge is -2.08. The molecule has 2 rings (SSSR count). The van der Waals surface area contributed by atoms with Gasteiger partial charge in [-0.3, -0.25) is 4.79 Å². The van der Waals surface area contributed by atoms with Crippen molar-refractivity contribution in [2.75, 3.05) is 19.6 Å². The highest BCUT2D eigenvalue weighted by Gasteiger charge is 2.38. The molecule has 3 N–H and O–H groups in total. The molecule has 1 fully saturated rings. The first-order valence-electron chi connectivity index (χ1n) is 6.66. The Morgan fingerprint density at radius 3 is 2.52 bits per heavy atom. The molecule has 130 valence electrons. The maximum atomic E-state index is 11.8. The van der Waals surface area contributed by atoms with Gasteiger partial charge in [0.15, 0.2) is 0 Å². The summed E-state index contributed by atoms with van der Waals surface area (Å²) in [5.74, 6) is -2.12. The summed E-state index contributed by atoms with van der Waals surface area (Å²) in [7, 11) is 0. The second-order valence-electron chi connectivity index (χ2n) is 4.94. The number of rotatable bonds is 3. The van der Waals surface area contributed by atoms with Crippen LogP contribution in [-0.4, -0.2) is 42.8 Å². The molecule has 0 aliphatic carbocycles. The van der Waals surface area contributed by atoms with E-state index in [1.165, 1.54) is 11.3 Å². The quantitative estimate of drug-likeness (QED) is 0.707. The summed E-state index contributed by atoms with van der Waals surface area (Å²) in [6.45, 7) is 4.87. The molecule has 0 radical (unpaired) electrons. The average Bonchev–Trinajstić information content (AvgIpc) is 3.06. The van der Waals surface area contributed by atoms with E-state index in [2.05, 4.69) is 26.6 Å². The minimum absolute atomic E-state index is 0.0469. The largest absolute Gasteiger partial charge is 0.490 e. The summed E-state index contributed by atoms with van der Waals surface area (Å²) >= 11 is 4.92. The van der Waals surface area contributed by atoms with Gasteiger partial charge in [0.25, 0.3) is 5.91 Å². The molecule has 10 heteroatoms. The third-order valence-corrected chi connectivity index (χ3v) is 5.17. The van der Waals surface area contributed by atoms with E-state index in [9.17, 15) is 18.0 Å². The molecule has 1 aliphatic heterocycles. The number of hydrogen-bond donors (Lipinski definition) is 3. The van der Waals surface area contributed by atoms with Gasteiger partial charge in [-0.2, -0.15) is 13.2 Å². The lowest BCUT2D eigenvalue weighted by molar-refractivity contribution is -0.192. The van der Waals surface area contributed by atoms with E-state index >= 15 is 0 Å². The average molecular weight is 417 g/mol. The van der Waals surface area contributed by atoms with Crippen LogP contribution < -0.4 is 10.6 Å². The van der Waals surface area contributed by atoms with Gasteiger partial charge < -0.3 is 15.7 Å². The van der Waals surface area contributed by atoms with Crippen molar-refractivity contribution < 1.29 is 27.9 Å². The molecule has 0 aromatic carbocycles. The standard InChI is InChI=1S/C11H15BrN2OS.C2HF3O2/c1-7-4-9(16-10(7)12)11(15)14-6-8-2-3-13-5-8;3-2(4,5)1(6)7/h4,8,13H,2-3,5-6H2,1H3,(H,14,15);(H,6,7)/t8-;/m0./s1. The summed E-state index contributed by atoms with van der Waals surface area (Å²) in [4.78, 5) is 21.5. The van der Waals surface area contributed by atoms with Crippen molar-refractivity contribution in [3.63, 3.8) is 0 Å². The van der Waals surface area contributed by atoms with Crippen molar-refractivity contribution in [2.24, 2.45) is 5.92 Å². The minimum Gasteiger partial charge on any atom is -0.475 e. The number of hydrogen-bond acceptors (Lipinski definition) is 4. The van der Waals surface area contributed by atoms with Crippen LogP contribution in [0.4, 0.5) is 13.2 Å². The van der Waals surface area contributed by atoms with Crippen molar-refractivity contribution in [3.8, 4) is 0 Å². The van der Waals surface area contributed by atoms with Gasteiger partial charge in [0.05, 0.1) is 8.66 Å². The molecule has 1 aromatic rings. The Bertz CT molecular complexity index is 538. The molecule has 1 amide bonds. The third kappa shape index (κ3) is 6.88. The van der Waals surface area contributed by atoms with Crippen molar-refractivity contribution in [2.45, 2.75) is 19.5 Å². The Labute approximate surface area is 143 Å². The molecule has 0 saturated carbocycles. The predicted octanol–water partition coefficient (Wildman–Crippen LogP) is 2.79. The molecule has 1 aromatic heterocycles. The van der Waals surface area contributed by atoms with Crippen LogP contribution in [0.2, 0.25) is 0 Å². The van der Waals surface area contributed by atoms with Crippen LogP contribution in [0.1, 0.15) is 21.7 Å². The Balaban J connectivity index is 0.000000322. The summed E-state index contributed by atoms with van der Waals surface area (Å²) in [6, 6.07) is 1.93. The highest BCUT2D eigenvalue weighted by Crippen LogP contribution is 2.27. The fraction of sp³-hybridized carbons (Fsp3) is 0.538. The first-order chi connectivity index (χ1) is 10.6. The summed E-state index contributed by atoms with van der Waals surface area (Å²) in [5.41, 5.74) is 1.12. The first kappa shape index (κ1) is 19.9. The predicted molar refractivity (Wildman–Crippen MR) is 83.8 cm³/mol. The van der Waals surface area contributed by atoms with Gasteiger partial charge >= 0.3 is 12.1 Å². The van der Waals surface area contributed by atoms with Crippen LogP contribution in [0.25, 0.3) is 0 Å². The van der Waals surface area contributed by atoms with Crippen molar-refractivity contribution in [3.05, 3.63) is 20.3 Å². The van der Waals surface area contributed by atoms with E-state index in [4.69, 9.17) is 9.90 Å². The minimum atomic E-state index is -5.08. The number of carbonyl (C=O) groups is 2. The molecule has 1 atom stereocenters. The van der Waals surface area contributed by atoms with E-state index in [0.29, 0.717) is 5.92 Å². The van der Waals surface area contributed by atoms with Crippen molar-refractivity contribution in [1.29, 1.82) is 0 Å². The van der Waals surface area contributed by atoms with E-state index in [-0.39, 0.29) is 5.91 Å². The topological polar surface area (TPSA) is 78.4 Å². The monoisotopic (exact) mass is 416 g/mol. The number of thiophene rings is 1. The van der Waals surface area contributed by atoms with Gasteiger partial charge in [0.2, 0.25) is 0 Å². The smallest absolute Gasteiger partial charge is 0.475 e. The Hall–Kier alpha value is -1.13. The lowest BCUT2D eigenvalue weighted by atomic mass is 10.1. The van der Waals surface area contributed by atoms with E-state index in [0.717, 1.165) is 40.3 Å². The highest BCUT2D eigenvalue weighted by molar-refractivity contribution is 9.11. The van der Waals surface area contributed by atoms with Gasteiger partial charge in [0, 0.05) is 6.54 Å². The summed E-state index contributed by atoms with van der Waals surface area (Å²) in [6.07, 6.45) is -3.92. The fourth-order valence-electron chi connectivity index (χ4n) is 1.78. The SMILES string of the molecule is Cc1cc(C(=O)NC[C@H]2CCNC2)sc1Br.O=C(O)C(F)(F)F. The molecule has 0 spiro atoms. The van der Waals surface area contributed by atoms with Gasteiger partial charge in [-0.1, -0.05) is 0 Å². The van der Waals surface area contributed by atoms with Crippen molar-refractivity contribution in [1.82, 2.24) is 10.6 Å². The van der Waals surface area contributed by atoms with Crippen LogP contribution in [0.5, 0.6) is 0 Å². The Morgan fingerprint density at radius 1 is 1.52 bits per heavy atom. The molecule has 0 unspecified atom stereocenters. The number of nitrogens with one attached hydrogen (secondary N) is 2. The maximum Gasteiger partial charge on any atom is 0.490 e. The number of alkyl halides is 3. The zero-order valence-corrected chi connectivity index (χ0v) is 14.6. The molecule has 2 heterocycles. The van der Waals surface area contributed by atoms with E-state index < -0.39 is 12.1 Å². The number of aryl methyl sites for hydroxylation is 1. The number of halogens is 4. The normalized spacial score (nSPS) is 17.3. The number of carbonyl (C=O) groups excluding carboxylic acids is 1. The van der Waals surface area contributed by atoms with Crippen LogP contribution in [0, 0.1) is 12.8 Å². The van der Waals surface area contributed by atoms with Crippen molar-refractivity contribution >= 4 is 39.1 Å². The second-order valence-corrected chi connectivity index (χ2v) is 7.31. The first-order valence-corrected chi connectivity index (χ1v) is 8.27. The lowest BCUT2D eigenvalue weighted by Crippen LogP contribution is -2.29. The van der Waals surface area contributed by atoms with Gasteiger partial charge in [-0.25, -0.2) is 4.79 Å². The number of aliphatic carboxylic acids is 1. The summed E-state index contributed by atoms with van der Waals surface area (Å²) < 4.78 is 32.8. The maximum absolute atomic E-state index is 11.8. The fourth-order valence-corrected chi connectivity index (χ4v) is 3.24. The molecule has 1 aliphatic rings. The zero-order valence-electron chi connectivity index (χ0n) is 12.2. The highest BCUT2D eigenvalue weighted by atomic mass is 79.9. The molecular formula is C13H16BrF3N2O3S. The Morgan fingerprint density at radius 2 is 2.13 bits per heavy atom. The summed E-state index contributed by atoms with van der Waals surface area (Å²) in [5, 5.41) is 13.4. The van der Waals surface area contributed by atoms with Crippen LogP contribution >= 0.6 is 27.3 Å². The molecule has 1 saturated heterocycles. The molecule has 0 bridgehead atoms. The van der Waals surface area contributed by atoms with Crippen LogP contribution in [-0.2, 0) is 4.79 Å². The third-order valence-electron chi connectivity index (χ3n) is 3.04. The number of carboxylic acids is 1. The second kappa shape index (κ2) is 8.65. The Kier molecular flexibility index (Phi) is 7.49. The van der Waals surface area contributed by atoms with E-state index in [1.54, 1.807) is 0 Å². The van der Waals surface area contributed by atoms with Gasteiger partial charge in [0.1, 0.15) is 0 Å². The molecule has 5 nitrogen and oxygen atoms in total. The van der Waals surface area contributed by atoms with Gasteiger partial charge in [-0.05, 0) is 59.9 Å². The molecular weight excluding hydrogens is 401 g/mol. The number of amides is 1.